The first-order valence-electron chi connectivity index (χ1n) is 6.15. The normalized spacial score (nSPS) is 31.6. The molecule has 2 unspecified atom stereocenters. The van der Waals surface area contributed by atoms with E-state index in [9.17, 15) is 0 Å². The Hall–Kier alpha value is -0.330. The molecule has 1 aliphatic carbocycles. The van der Waals surface area contributed by atoms with Crippen LogP contribution in [0.2, 0.25) is 0 Å². The number of nitrogens with one attached hydrogen (secondary N) is 1. The van der Waals surface area contributed by atoms with Gasteiger partial charge in [0.05, 0.1) is 0 Å². The van der Waals surface area contributed by atoms with Gasteiger partial charge in [-0.25, -0.2) is 0 Å². The molecule has 1 heteroatoms. The third-order valence-electron chi connectivity index (χ3n) is 4.08. The van der Waals surface area contributed by atoms with Gasteiger partial charge in [0.2, 0.25) is 0 Å². The van der Waals surface area contributed by atoms with Crippen LogP contribution in [-0.2, 0) is 0 Å². The molecule has 0 bridgehead atoms. The Morgan fingerprint density at radius 3 is 2.50 bits per heavy atom. The summed E-state index contributed by atoms with van der Waals surface area (Å²) >= 11 is 0. The Bertz CT molecular complexity index is 186. The fourth-order valence-electron chi connectivity index (χ4n) is 3.36. The second kappa shape index (κ2) is 4.95. The van der Waals surface area contributed by atoms with Crippen LogP contribution in [0.5, 0.6) is 0 Å². The molecule has 14 heavy (non-hydrogen) atoms. The zero-order valence-electron chi connectivity index (χ0n) is 9.97. The van der Waals surface area contributed by atoms with Gasteiger partial charge in [0, 0.05) is 0 Å². The Morgan fingerprint density at radius 2 is 2.14 bits per heavy atom. The molecule has 0 aromatic heterocycles. The molecule has 0 aromatic carbocycles. The molecule has 1 aliphatic rings. The number of hydrogen-bond donors (Lipinski definition) is 1. The second-order valence-corrected chi connectivity index (χ2v) is 5.24. The molecule has 2 atom stereocenters. The maximum absolute atomic E-state index is 7.16. The Labute approximate surface area is 88.8 Å². The van der Waals surface area contributed by atoms with Gasteiger partial charge < -0.3 is 5.41 Å². The van der Waals surface area contributed by atoms with E-state index in [0.717, 1.165) is 18.3 Å². The zero-order valence-corrected chi connectivity index (χ0v) is 9.97. The van der Waals surface area contributed by atoms with Gasteiger partial charge in [0.1, 0.15) is 0 Å². The summed E-state index contributed by atoms with van der Waals surface area (Å²) in [6, 6.07) is 0. The van der Waals surface area contributed by atoms with E-state index in [1.165, 1.54) is 32.1 Å². The molecule has 1 rings (SSSR count). The standard InChI is InChI=1S/C13H25N/c1-4-7-13(8-5-10-14)9-6-12(13)11(2)3/h10-12,14H,4-9H2,1-3H3. The third-order valence-corrected chi connectivity index (χ3v) is 4.08. The molecule has 1 nitrogen and oxygen atoms in total. The van der Waals surface area contributed by atoms with Gasteiger partial charge in [-0.15, -0.1) is 0 Å². The van der Waals surface area contributed by atoms with Crippen molar-refractivity contribution in [1.29, 1.82) is 5.41 Å². The van der Waals surface area contributed by atoms with E-state index in [0.29, 0.717) is 5.41 Å². The lowest BCUT2D eigenvalue weighted by Gasteiger charge is -2.52. The largest absolute Gasteiger partial charge is 0.313 e. The molecule has 1 saturated carbocycles. The van der Waals surface area contributed by atoms with Crippen LogP contribution in [-0.4, -0.2) is 6.21 Å². The second-order valence-electron chi connectivity index (χ2n) is 5.24. The van der Waals surface area contributed by atoms with Gasteiger partial charge in [-0.05, 0) is 55.6 Å². The predicted molar refractivity (Wildman–Crippen MR) is 62.9 cm³/mol. The average Bonchev–Trinajstić information content (AvgIpc) is 2.09. The summed E-state index contributed by atoms with van der Waals surface area (Å²) in [5.74, 6) is 1.77. The van der Waals surface area contributed by atoms with Crippen molar-refractivity contribution in [1.82, 2.24) is 0 Å². The quantitative estimate of drug-likeness (QED) is 0.612. The van der Waals surface area contributed by atoms with Crippen molar-refractivity contribution >= 4 is 6.21 Å². The summed E-state index contributed by atoms with van der Waals surface area (Å²) in [5.41, 5.74) is 0.612. The first kappa shape index (κ1) is 11.7. The summed E-state index contributed by atoms with van der Waals surface area (Å²) in [5, 5.41) is 7.16. The van der Waals surface area contributed by atoms with Crippen LogP contribution in [0.3, 0.4) is 0 Å². The summed E-state index contributed by atoms with van der Waals surface area (Å²) in [4.78, 5) is 0. The topological polar surface area (TPSA) is 23.9 Å². The van der Waals surface area contributed by atoms with Gasteiger partial charge in [-0.3, -0.25) is 0 Å². The highest BCUT2D eigenvalue weighted by Gasteiger charge is 2.45. The van der Waals surface area contributed by atoms with Crippen LogP contribution < -0.4 is 0 Å². The third kappa shape index (κ3) is 2.18. The highest BCUT2D eigenvalue weighted by molar-refractivity contribution is 5.52. The molecular formula is C13H25N. The van der Waals surface area contributed by atoms with Crippen molar-refractivity contribution in [2.45, 2.75) is 59.3 Å². The summed E-state index contributed by atoms with van der Waals surface area (Å²) in [6.45, 7) is 7.01. The van der Waals surface area contributed by atoms with Crippen molar-refractivity contribution in [3.63, 3.8) is 0 Å². The SMILES string of the molecule is CCCC1(CCC=N)CCC1C(C)C. The molecule has 1 N–H and O–H groups in total. The van der Waals surface area contributed by atoms with E-state index in [1.807, 2.05) is 0 Å². The molecule has 0 radical (unpaired) electrons. The van der Waals surface area contributed by atoms with Crippen LogP contribution in [0.15, 0.2) is 0 Å². The summed E-state index contributed by atoms with van der Waals surface area (Å²) in [7, 11) is 0. The number of hydrogen-bond acceptors (Lipinski definition) is 1. The van der Waals surface area contributed by atoms with E-state index in [-0.39, 0.29) is 0 Å². The molecule has 1 fully saturated rings. The molecule has 0 amide bonds. The highest BCUT2D eigenvalue weighted by Crippen LogP contribution is 2.56. The monoisotopic (exact) mass is 195 g/mol. The van der Waals surface area contributed by atoms with Crippen molar-refractivity contribution in [2.75, 3.05) is 0 Å². The smallest absolute Gasteiger partial charge is 0.00475 e. The van der Waals surface area contributed by atoms with E-state index in [1.54, 1.807) is 6.21 Å². The molecule has 0 heterocycles. The van der Waals surface area contributed by atoms with Gasteiger partial charge in [0.15, 0.2) is 0 Å². The molecule has 82 valence electrons. The van der Waals surface area contributed by atoms with E-state index >= 15 is 0 Å². The van der Waals surface area contributed by atoms with Crippen LogP contribution in [0.25, 0.3) is 0 Å². The van der Waals surface area contributed by atoms with Crippen LogP contribution in [0.4, 0.5) is 0 Å². The van der Waals surface area contributed by atoms with E-state index in [4.69, 9.17) is 5.41 Å². The highest BCUT2D eigenvalue weighted by atomic mass is 14.5. The Morgan fingerprint density at radius 1 is 1.43 bits per heavy atom. The van der Waals surface area contributed by atoms with Crippen molar-refractivity contribution in [2.24, 2.45) is 17.3 Å². The predicted octanol–water partition coefficient (Wildman–Crippen LogP) is 4.27. The molecule has 0 spiro atoms. The lowest BCUT2D eigenvalue weighted by atomic mass is 9.53. The van der Waals surface area contributed by atoms with Crippen molar-refractivity contribution in [3.8, 4) is 0 Å². The molecular weight excluding hydrogens is 170 g/mol. The van der Waals surface area contributed by atoms with Gasteiger partial charge in [0.25, 0.3) is 0 Å². The molecule has 0 saturated heterocycles. The molecule has 0 aliphatic heterocycles. The maximum atomic E-state index is 7.16. The first-order chi connectivity index (χ1) is 6.66. The van der Waals surface area contributed by atoms with Crippen molar-refractivity contribution in [3.05, 3.63) is 0 Å². The minimum Gasteiger partial charge on any atom is -0.313 e. The Kier molecular flexibility index (Phi) is 4.15. The van der Waals surface area contributed by atoms with Gasteiger partial charge >= 0.3 is 0 Å². The minimum atomic E-state index is 0.612. The lowest BCUT2D eigenvalue weighted by Crippen LogP contribution is -2.43. The minimum absolute atomic E-state index is 0.612. The van der Waals surface area contributed by atoms with E-state index in [2.05, 4.69) is 20.8 Å². The van der Waals surface area contributed by atoms with E-state index < -0.39 is 0 Å². The fraction of sp³-hybridized carbons (Fsp3) is 0.923. The zero-order chi connectivity index (χ0) is 10.6. The van der Waals surface area contributed by atoms with Gasteiger partial charge in [-0.1, -0.05) is 27.2 Å². The lowest BCUT2D eigenvalue weighted by molar-refractivity contribution is -0.0191. The van der Waals surface area contributed by atoms with Crippen LogP contribution in [0.1, 0.15) is 59.3 Å². The Balaban J connectivity index is 2.57. The first-order valence-corrected chi connectivity index (χ1v) is 6.15. The van der Waals surface area contributed by atoms with Crippen LogP contribution in [0, 0.1) is 22.7 Å². The van der Waals surface area contributed by atoms with Gasteiger partial charge in [-0.2, -0.15) is 0 Å². The molecule has 0 aromatic rings. The maximum Gasteiger partial charge on any atom is -0.00475 e. The summed E-state index contributed by atoms with van der Waals surface area (Å²) < 4.78 is 0. The number of rotatable bonds is 6. The fourth-order valence-corrected chi connectivity index (χ4v) is 3.36. The average molecular weight is 195 g/mol. The van der Waals surface area contributed by atoms with Crippen molar-refractivity contribution < 1.29 is 0 Å². The summed E-state index contributed by atoms with van der Waals surface area (Å²) in [6.07, 6.45) is 9.36. The van der Waals surface area contributed by atoms with Crippen LogP contribution >= 0.6 is 0 Å².